The number of unbranched alkanes of at least 4 members (excludes halogenated alkanes) is 1. The van der Waals surface area contributed by atoms with Gasteiger partial charge in [0.05, 0.1) is 0 Å². The smallest absolute Gasteiger partial charge is 0.243 e. The maximum absolute atomic E-state index is 13.6. The van der Waals surface area contributed by atoms with Gasteiger partial charge in [-0.15, -0.1) is 11.8 Å². The summed E-state index contributed by atoms with van der Waals surface area (Å²) in [7, 11) is 0. The first-order valence-electron chi connectivity index (χ1n) is 12.5. The molecule has 0 radical (unpaired) electrons. The van der Waals surface area contributed by atoms with Crippen LogP contribution in [0.3, 0.4) is 0 Å². The quantitative estimate of drug-likeness (QED) is 0.201. The van der Waals surface area contributed by atoms with E-state index in [1.807, 2.05) is 54.6 Å². The number of thioether (sulfide) groups is 1. The molecule has 0 aliphatic carbocycles. The lowest BCUT2D eigenvalue weighted by atomic mass is 10.0. The van der Waals surface area contributed by atoms with Gasteiger partial charge >= 0.3 is 0 Å². The van der Waals surface area contributed by atoms with Gasteiger partial charge in [-0.3, -0.25) is 9.59 Å². The van der Waals surface area contributed by atoms with Crippen LogP contribution in [-0.2, 0) is 22.6 Å². The van der Waals surface area contributed by atoms with Gasteiger partial charge in [0.25, 0.3) is 0 Å². The number of nitrogens with zero attached hydrogens (tertiary/aromatic N) is 1. The van der Waals surface area contributed by atoms with Crippen molar-refractivity contribution in [3.8, 4) is 0 Å². The van der Waals surface area contributed by atoms with E-state index in [0.717, 1.165) is 28.9 Å². The fraction of sp³-hybridized carbons (Fsp3) is 0.333. The summed E-state index contributed by atoms with van der Waals surface area (Å²) < 4.78 is 0. The molecule has 1 atom stereocenters. The zero-order valence-electron chi connectivity index (χ0n) is 21.1. The van der Waals surface area contributed by atoms with Gasteiger partial charge in [0.15, 0.2) is 0 Å². The van der Waals surface area contributed by atoms with Gasteiger partial charge in [0.2, 0.25) is 11.8 Å². The molecule has 0 spiro atoms. The summed E-state index contributed by atoms with van der Waals surface area (Å²) in [5.41, 5.74) is 3.18. The van der Waals surface area contributed by atoms with Crippen LogP contribution in [-0.4, -0.2) is 35.1 Å². The number of aryl methyl sites for hydroxylation is 1. The van der Waals surface area contributed by atoms with Crippen LogP contribution in [0, 0.1) is 6.92 Å². The summed E-state index contributed by atoms with van der Waals surface area (Å²) >= 11 is 7.75. The van der Waals surface area contributed by atoms with Gasteiger partial charge < -0.3 is 10.2 Å². The summed E-state index contributed by atoms with van der Waals surface area (Å²) in [6, 6.07) is 25.1. The Morgan fingerprint density at radius 2 is 1.64 bits per heavy atom. The fourth-order valence-corrected chi connectivity index (χ4v) is 4.85. The zero-order valence-corrected chi connectivity index (χ0v) is 22.7. The maximum Gasteiger partial charge on any atom is 0.243 e. The van der Waals surface area contributed by atoms with Crippen molar-refractivity contribution in [3.05, 3.63) is 101 Å². The molecular weight excluding hydrogens is 488 g/mol. The van der Waals surface area contributed by atoms with Crippen molar-refractivity contribution in [1.82, 2.24) is 10.2 Å². The molecule has 4 nitrogen and oxygen atoms in total. The molecule has 0 heterocycles. The number of carbonyl (C=O) groups is 2. The van der Waals surface area contributed by atoms with Crippen LogP contribution in [0.15, 0.2) is 83.8 Å². The number of rotatable bonds is 13. The molecule has 0 saturated heterocycles. The van der Waals surface area contributed by atoms with Crippen molar-refractivity contribution in [3.63, 3.8) is 0 Å². The van der Waals surface area contributed by atoms with Crippen molar-refractivity contribution < 1.29 is 9.59 Å². The highest BCUT2D eigenvalue weighted by Gasteiger charge is 2.30. The molecule has 0 aromatic heterocycles. The monoisotopic (exact) mass is 522 g/mol. The molecular formula is C30H35ClN2O2S. The number of amides is 2. The van der Waals surface area contributed by atoms with Crippen LogP contribution in [0.4, 0.5) is 0 Å². The molecule has 36 heavy (non-hydrogen) atoms. The molecule has 2 amide bonds. The second-order valence-corrected chi connectivity index (χ2v) is 10.5. The average Bonchev–Trinajstić information content (AvgIpc) is 2.89. The van der Waals surface area contributed by atoms with Crippen molar-refractivity contribution in [1.29, 1.82) is 0 Å². The van der Waals surface area contributed by atoms with E-state index in [1.165, 1.54) is 5.56 Å². The molecule has 0 aliphatic heterocycles. The van der Waals surface area contributed by atoms with Gasteiger partial charge in [0, 0.05) is 41.6 Å². The van der Waals surface area contributed by atoms with E-state index in [1.54, 1.807) is 16.7 Å². The van der Waals surface area contributed by atoms with Crippen LogP contribution in [0.5, 0.6) is 0 Å². The zero-order chi connectivity index (χ0) is 25.8. The van der Waals surface area contributed by atoms with Crippen molar-refractivity contribution in [2.24, 2.45) is 0 Å². The average molecular weight is 523 g/mol. The van der Waals surface area contributed by atoms with Gasteiger partial charge in [-0.05, 0) is 48.7 Å². The Labute approximate surface area is 224 Å². The number of halogens is 1. The van der Waals surface area contributed by atoms with E-state index >= 15 is 0 Å². The standard InChI is InChI=1S/C30H35ClN2O2S/c1-3-4-19-32-30(35)28(21-24-8-6-5-7-9-24)33(22-25-12-14-26(31)15-13-25)29(34)18-20-36-27-16-10-23(2)11-17-27/h5-17,28H,3-4,18-22H2,1-2H3,(H,32,35)/t28-/m1/s1. The summed E-state index contributed by atoms with van der Waals surface area (Å²) in [4.78, 5) is 29.9. The number of nitrogens with one attached hydrogen (secondary N) is 1. The number of hydrogen-bond acceptors (Lipinski definition) is 3. The highest BCUT2D eigenvalue weighted by Crippen LogP contribution is 2.22. The summed E-state index contributed by atoms with van der Waals surface area (Å²) in [6.07, 6.45) is 2.71. The molecule has 0 fully saturated rings. The van der Waals surface area contributed by atoms with E-state index in [0.29, 0.717) is 36.7 Å². The Kier molecular flexibility index (Phi) is 11.4. The van der Waals surface area contributed by atoms with Crippen LogP contribution in [0.1, 0.15) is 42.9 Å². The van der Waals surface area contributed by atoms with E-state index < -0.39 is 6.04 Å². The van der Waals surface area contributed by atoms with Crippen LogP contribution < -0.4 is 5.32 Å². The first-order valence-corrected chi connectivity index (χ1v) is 13.9. The third-order valence-electron chi connectivity index (χ3n) is 5.97. The summed E-state index contributed by atoms with van der Waals surface area (Å²) in [5.74, 6) is 0.506. The lowest BCUT2D eigenvalue weighted by Gasteiger charge is -2.31. The van der Waals surface area contributed by atoms with E-state index in [2.05, 4.69) is 43.4 Å². The predicted octanol–water partition coefficient (Wildman–Crippen LogP) is 6.69. The third kappa shape index (κ3) is 9.03. The van der Waals surface area contributed by atoms with Gasteiger partial charge in [-0.1, -0.05) is 85.1 Å². The Balaban J connectivity index is 1.81. The van der Waals surface area contributed by atoms with Crippen LogP contribution in [0.25, 0.3) is 0 Å². The minimum Gasteiger partial charge on any atom is -0.354 e. The van der Waals surface area contributed by atoms with Crippen LogP contribution in [0.2, 0.25) is 5.02 Å². The van der Waals surface area contributed by atoms with E-state index in [4.69, 9.17) is 11.6 Å². The Morgan fingerprint density at radius 3 is 2.31 bits per heavy atom. The Morgan fingerprint density at radius 1 is 0.944 bits per heavy atom. The predicted molar refractivity (Wildman–Crippen MR) is 150 cm³/mol. The first kappa shape index (κ1) is 27.8. The first-order chi connectivity index (χ1) is 17.5. The number of benzene rings is 3. The van der Waals surface area contributed by atoms with Crippen molar-refractivity contribution in [2.75, 3.05) is 12.3 Å². The molecule has 6 heteroatoms. The molecule has 0 bridgehead atoms. The number of hydrogen-bond donors (Lipinski definition) is 1. The van der Waals surface area contributed by atoms with Gasteiger partial charge in [-0.25, -0.2) is 0 Å². The minimum atomic E-state index is -0.600. The minimum absolute atomic E-state index is 0.0314. The third-order valence-corrected chi connectivity index (χ3v) is 7.24. The van der Waals surface area contributed by atoms with E-state index in [9.17, 15) is 9.59 Å². The van der Waals surface area contributed by atoms with Crippen molar-refractivity contribution >= 4 is 35.2 Å². The highest BCUT2D eigenvalue weighted by molar-refractivity contribution is 7.99. The molecule has 3 rings (SSSR count). The topological polar surface area (TPSA) is 49.4 Å². The SMILES string of the molecule is CCCCNC(=O)[C@@H](Cc1ccccc1)N(Cc1ccc(Cl)cc1)C(=O)CCSc1ccc(C)cc1. The second-order valence-electron chi connectivity index (χ2n) is 8.91. The van der Waals surface area contributed by atoms with E-state index in [-0.39, 0.29) is 11.8 Å². The molecule has 3 aromatic carbocycles. The van der Waals surface area contributed by atoms with Gasteiger partial charge in [0.1, 0.15) is 6.04 Å². The molecule has 3 aromatic rings. The molecule has 0 aliphatic rings. The molecule has 0 saturated carbocycles. The summed E-state index contributed by atoms with van der Waals surface area (Å²) in [5, 5.41) is 3.71. The van der Waals surface area contributed by atoms with Crippen molar-refractivity contribution in [2.45, 2.75) is 57.0 Å². The molecule has 1 N–H and O–H groups in total. The largest absolute Gasteiger partial charge is 0.354 e. The maximum atomic E-state index is 13.6. The lowest BCUT2D eigenvalue weighted by Crippen LogP contribution is -2.50. The lowest BCUT2D eigenvalue weighted by molar-refractivity contribution is -0.141. The second kappa shape index (κ2) is 14.7. The molecule has 190 valence electrons. The normalized spacial score (nSPS) is 11.6. The van der Waals surface area contributed by atoms with Crippen LogP contribution >= 0.6 is 23.4 Å². The Bertz CT molecular complexity index is 1090. The summed E-state index contributed by atoms with van der Waals surface area (Å²) in [6.45, 7) is 5.11. The Hall–Kier alpha value is -2.76. The van der Waals surface area contributed by atoms with Gasteiger partial charge in [-0.2, -0.15) is 0 Å². The molecule has 0 unspecified atom stereocenters. The highest BCUT2D eigenvalue weighted by atomic mass is 35.5. The number of carbonyl (C=O) groups excluding carboxylic acids is 2. The fourth-order valence-electron chi connectivity index (χ4n) is 3.88.